The molecule has 21 heavy (non-hydrogen) atoms. The Morgan fingerprint density at radius 1 is 1.33 bits per heavy atom. The van der Waals surface area contributed by atoms with Crippen LogP contribution >= 0.6 is 0 Å². The molecule has 1 aromatic carbocycles. The third kappa shape index (κ3) is 4.20. The SMILES string of the molecule is Cn1nccc1CCNC(=O)c1ccc(C#CCO)cc1. The number of hydrogen-bond donors (Lipinski definition) is 2. The van der Waals surface area contributed by atoms with Gasteiger partial charge < -0.3 is 10.4 Å². The van der Waals surface area contributed by atoms with Gasteiger partial charge in [0.15, 0.2) is 0 Å². The highest BCUT2D eigenvalue weighted by molar-refractivity contribution is 5.94. The van der Waals surface area contributed by atoms with E-state index in [4.69, 9.17) is 5.11 Å². The van der Waals surface area contributed by atoms with Crippen molar-refractivity contribution in [3.8, 4) is 11.8 Å². The number of aliphatic hydroxyl groups is 1. The van der Waals surface area contributed by atoms with Gasteiger partial charge in [-0.05, 0) is 30.3 Å². The quantitative estimate of drug-likeness (QED) is 0.813. The van der Waals surface area contributed by atoms with Gasteiger partial charge in [0.05, 0.1) is 0 Å². The summed E-state index contributed by atoms with van der Waals surface area (Å²) < 4.78 is 1.79. The second kappa shape index (κ2) is 7.27. The molecular formula is C16H17N3O2. The van der Waals surface area contributed by atoms with E-state index in [1.807, 2.05) is 13.1 Å². The van der Waals surface area contributed by atoms with Crippen LogP contribution < -0.4 is 5.32 Å². The Hall–Kier alpha value is -2.58. The Labute approximate surface area is 123 Å². The number of rotatable bonds is 4. The maximum absolute atomic E-state index is 12.0. The molecule has 2 N–H and O–H groups in total. The summed E-state index contributed by atoms with van der Waals surface area (Å²) in [6.45, 7) is 0.390. The number of benzene rings is 1. The van der Waals surface area contributed by atoms with Gasteiger partial charge in [0.2, 0.25) is 0 Å². The smallest absolute Gasteiger partial charge is 0.251 e. The first-order valence-electron chi connectivity index (χ1n) is 6.65. The molecule has 0 aliphatic rings. The van der Waals surface area contributed by atoms with Crippen LogP contribution in [0.25, 0.3) is 0 Å². The topological polar surface area (TPSA) is 67.2 Å². The summed E-state index contributed by atoms with van der Waals surface area (Å²) in [5.74, 6) is 5.24. The largest absolute Gasteiger partial charge is 0.384 e. The Morgan fingerprint density at radius 3 is 2.71 bits per heavy atom. The molecule has 5 nitrogen and oxygen atoms in total. The lowest BCUT2D eigenvalue weighted by molar-refractivity contribution is 0.0954. The highest BCUT2D eigenvalue weighted by Crippen LogP contribution is 2.03. The van der Waals surface area contributed by atoms with Crippen molar-refractivity contribution in [2.75, 3.05) is 13.2 Å². The van der Waals surface area contributed by atoms with E-state index in [1.54, 1.807) is 35.1 Å². The molecular weight excluding hydrogens is 266 g/mol. The lowest BCUT2D eigenvalue weighted by atomic mass is 10.1. The standard InChI is InChI=1S/C16H17N3O2/c1-19-15(9-11-18-19)8-10-17-16(21)14-6-4-13(5-7-14)3-2-12-20/h4-7,9,11,20H,8,10,12H2,1H3,(H,17,21). The molecule has 1 heterocycles. The van der Waals surface area contributed by atoms with Crippen LogP contribution in [0, 0.1) is 11.8 Å². The maximum atomic E-state index is 12.0. The Kier molecular flexibility index (Phi) is 5.13. The molecule has 0 aliphatic heterocycles. The van der Waals surface area contributed by atoms with Gasteiger partial charge >= 0.3 is 0 Å². The second-order valence-corrected chi connectivity index (χ2v) is 4.49. The van der Waals surface area contributed by atoms with E-state index in [0.717, 1.165) is 17.7 Å². The highest BCUT2D eigenvalue weighted by atomic mass is 16.2. The van der Waals surface area contributed by atoms with Gasteiger partial charge in [-0.3, -0.25) is 9.48 Å². The summed E-state index contributed by atoms with van der Waals surface area (Å²) >= 11 is 0. The van der Waals surface area contributed by atoms with E-state index in [0.29, 0.717) is 12.1 Å². The van der Waals surface area contributed by atoms with Crippen molar-refractivity contribution >= 4 is 5.91 Å². The van der Waals surface area contributed by atoms with Crippen molar-refractivity contribution in [3.63, 3.8) is 0 Å². The number of aromatic nitrogens is 2. The average Bonchev–Trinajstić information content (AvgIpc) is 2.91. The normalized spacial score (nSPS) is 9.81. The van der Waals surface area contributed by atoms with Gasteiger partial charge in [-0.15, -0.1) is 0 Å². The predicted molar refractivity (Wildman–Crippen MR) is 79.7 cm³/mol. The molecule has 0 saturated carbocycles. The zero-order chi connectivity index (χ0) is 15.1. The lowest BCUT2D eigenvalue weighted by Crippen LogP contribution is -2.26. The van der Waals surface area contributed by atoms with E-state index in [-0.39, 0.29) is 12.5 Å². The molecule has 2 rings (SSSR count). The van der Waals surface area contributed by atoms with E-state index in [2.05, 4.69) is 22.3 Å². The number of aryl methyl sites for hydroxylation is 1. The summed E-state index contributed by atoms with van der Waals surface area (Å²) in [6.07, 6.45) is 2.48. The van der Waals surface area contributed by atoms with E-state index >= 15 is 0 Å². The number of amides is 1. The lowest BCUT2D eigenvalue weighted by Gasteiger charge is -2.05. The predicted octanol–water partition coefficient (Wildman–Crippen LogP) is 0.736. The van der Waals surface area contributed by atoms with Gasteiger partial charge in [0.25, 0.3) is 5.91 Å². The first-order chi connectivity index (χ1) is 10.2. The monoisotopic (exact) mass is 283 g/mol. The first-order valence-corrected chi connectivity index (χ1v) is 6.65. The summed E-state index contributed by atoms with van der Waals surface area (Å²) in [5, 5.41) is 15.6. The molecule has 0 saturated heterocycles. The van der Waals surface area contributed by atoms with E-state index in [1.165, 1.54) is 0 Å². The number of nitrogens with one attached hydrogen (secondary N) is 1. The molecule has 2 aromatic rings. The minimum absolute atomic E-state index is 0.112. The van der Waals surface area contributed by atoms with Crippen molar-refractivity contribution in [3.05, 3.63) is 53.3 Å². The van der Waals surface area contributed by atoms with Crippen molar-refractivity contribution in [1.82, 2.24) is 15.1 Å². The third-order valence-electron chi connectivity index (χ3n) is 3.05. The molecule has 0 aliphatic carbocycles. The summed E-state index contributed by atoms with van der Waals surface area (Å²) in [4.78, 5) is 12.0. The zero-order valence-corrected chi connectivity index (χ0v) is 11.8. The molecule has 0 bridgehead atoms. The van der Waals surface area contributed by atoms with Crippen LogP contribution in [0.2, 0.25) is 0 Å². The van der Waals surface area contributed by atoms with Crippen molar-refractivity contribution in [2.45, 2.75) is 6.42 Å². The number of carbonyl (C=O) groups excluding carboxylic acids is 1. The fourth-order valence-electron chi connectivity index (χ4n) is 1.90. The van der Waals surface area contributed by atoms with Crippen LogP contribution in [0.15, 0.2) is 36.5 Å². The summed E-state index contributed by atoms with van der Waals surface area (Å²) in [5.41, 5.74) is 2.44. The molecule has 0 spiro atoms. The Bertz CT molecular complexity index is 663. The third-order valence-corrected chi connectivity index (χ3v) is 3.05. The summed E-state index contributed by atoms with van der Waals surface area (Å²) in [7, 11) is 1.88. The van der Waals surface area contributed by atoms with Crippen LogP contribution in [-0.2, 0) is 13.5 Å². The average molecular weight is 283 g/mol. The van der Waals surface area contributed by atoms with Gasteiger partial charge in [-0.1, -0.05) is 11.8 Å². The number of carbonyl (C=O) groups is 1. The van der Waals surface area contributed by atoms with Crippen molar-refractivity contribution in [2.24, 2.45) is 7.05 Å². The van der Waals surface area contributed by atoms with Gasteiger partial charge in [0.1, 0.15) is 6.61 Å². The fourth-order valence-corrected chi connectivity index (χ4v) is 1.90. The molecule has 5 heteroatoms. The minimum Gasteiger partial charge on any atom is -0.384 e. The van der Waals surface area contributed by atoms with Gasteiger partial charge in [-0.2, -0.15) is 5.10 Å². The van der Waals surface area contributed by atoms with E-state index < -0.39 is 0 Å². The van der Waals surface area contributed by atoms with Gasteiger partial charge in [0, 0.05) is 43.0 Å². The molecule has 0 unspecified atom stereocenters. The molecule has 0 radical (unpaired) electrons. The van der Waals surface area contributed by atoms with Crippen LogP contribution in [0.3, 0.4) is 0 Å². The van der Waals surface area contributed by atoms with Crippen LogP contribution in [0.5, 0.6) is 0 Å². The molecule has 0 fully saturated rings. The van der Waals surface area contributed by atoms with Crippen LogP contribution in [0.1, 0.15) is 21.6 Å². The van der Waals surface area contributed by atoms with Crippen LogP contribution in [-0.4, -0.2) is 33.9 Å². The Balaban J connectivity index is 1.87. The number of nitrogens with zero attached hydrogens (tertiary/aromatic N) is 2. The molecule has 1 amide bonds. The second-order valence-electron chi connectivity index (χ2n) is 4.49. The highest BCUT2D eigenvalue weighted by Gasteiger charge is 2.05. The molecule has 1 aromatic heterocycles. The fraction of sp³-hybridized carbons (Fsp3) is 0.250. The zero-order valence-electron chi connectivity index (χ0n) is 11.8. The minimum atomic E-state index is -0.170. The number of hydrogen-bond acceptors (Lipinski definition) is 3. The molecule has 108 valence electrons. The Morgan fingerprint density at radius 2 is 2.10 bits per heavy atom. The molecule has 0 atom stereocenters. The van der Waals surface area contributed by atoms with E-state index in [9.17, 15) is 4.79 Å². The van der Waals surface area contributed by atoms with Crippen LogP contribution in [0.4, 0.5) is 0 Å². The van der Waals surface area contributed by atoms with Gasteiger partial charge in [-0.25, -0.2) is 0 Å². The van der Waals surface area contributed by atoms with Crippen molar-refractivity contribution in [1.29, 1.82) is 0 Å². The maximum Gasteiger partial charge on any atom is 0.251 e. The first kappa shape index (κ1) is 14.8. The number of aliphatic hydroxyl groups excluding tert-OH is 1. The summed E-state index contributed by atoms with van der Waals surface area (Å²) in [6, 6.07) is 8.90. The van der Waals surface area contributed by atoms with Crippen molar-refractivity contribution < 1.29 is 9.90 Å².